The molecule has 8 heteroatoms. The SMILES string of the molecule is Cc1ccc(N2CC(c3nnc(NC(=O)c4ccc(F)cc4)s3)CC2=O)cc1C. The molecule has 1 atom stereocenters. The van der Waals surface area contributed by atoms with Gasteiger partial charge in [0.25, 0.3) is 5.91 Å². The lowest BCUT2D eigenvalue weighted by molar-refractivity contribution is -0.117. The predicted octanol–water partition coefficient (Wildman–Crippen LogP) is 4.07. The van der Waals surface area contributed by atoms with Gasteiger partial charge in [0.05, 0.1) is 0 Å². The first kappa shape index (κ1) is 19.2. The van der Waals surface area contributed by atoms with Crippen LogP contribution in [-0.2, 0) is 4.79 Å². The summed E-state index contributed by atoms with van der Waals surface area (Å²) in [5.41, 5.74) is 3.54. The number of anilines is 2. The summed E-state index contributed by atoms with van der Waals surface area (Å²) in [7, 11) is 0. The molecule has 1 aliphatic heterocycles. The highest BCUT2D eigenvalue weighted by Crippen LogP contribution is 2.34. The first-order valence-corrected chi connectivity index (χ1v) is 10.0. The van der Waals surface area contributed by atoms with E-state index in [-0.39, 0.29) is 17.7 Å². The molecule has 0 spiro atoms. The molecule has 0 aliphatic carbocycles. The first-order chi connectivity index (χ1) is 13.9. The van der Waals surface area contributed by atoms with Gasteiger partial charge in [0.1, 0.15) is 10.8 Å². The number of rotatable bonds is 4. The van der Waals surface area contributed by atoms with E-state index in [0.29, 0.717) is 28.7 Å². The Kier molecular flexibility index (Phi) is 5.10. The Labute approximate surface area is 171 Å². The Bertz CT molecular complexity index is 1080. The Morgan fingerprint density at radius 3 is 2.62 bits per heavy atom. The Hall–Kier alpha value is -3.13. The summed E-state index contributed by atoms with van der Waals surface area (Å²) >= 11 is 1.25. The van der Waals surface area contributed by atoms with Crippen LogP contribution in [0.3, 0.4) is 0 Å². The van der Waals surface area contributed by atoms with Crippen LogP contribution in [0.4, 0.5) is 15.2 Å². The molecule has 3 aromatic rings. The molecule has 6 nitrogen and oxygen atoms in total. The van der Waals surface area contributed by atoms with Crippen LogP contribution in [0.2, 0.25) is 0 Å². The van der Waals surface area contributed by atoms with Crippen molar-refractivity contribution in [2.75, 3.05) is 16.8 Å². The molecule has 29 heavy (non-hydrogen) atoms. The number of aryl methyl sites for hydroxylation is 2. The summed E-state index contributed by atoms with van der Waals surface area (Å²) in [6.45, 7) is 4.59. The molecular formula is C21H19FN4O2S. The highest BCUT2D eigenvalue weighted by atomic mass is 32.1. The molecule has 1 N–H and O–H groups in total. The minimum Gasteiger partial charge on any atom is -0.312 e. The third-order valence-corrected chi connectivity index (χ3v) is 6.05. The van der Waals surface area contributed by atoms with E-state index < -0.39 is 5.82 Å². The topological polar surface area (TPSA) is 75.2 Å². The van der Waals surface area contributed by atoms with E-state index in [1.54, 1.807) is 4.90 Å². The third kappa shape index (κ3) is 4.02. The van der Waals surface area contributed by atoms with Crippen LogP contribution in [0, 0.1) is 19.7 Å². The van der Waals surface area contributed by atoms with Gasteiger partial charge in [-0.05, 0) is 61.4 Å². The standard InChI is InChI=1S/C21H19FN4O2S/c1-12-3-8-17(9-13(12)2)26-11-15(10-18(26)27)20-24-25-21(29-20)23-19(28)14-4-6-16(22)7-5-14/h3-9,15H,10-11H2,1-2H3,(H,23,25,28). The van der Waals surface area contributed by atoms with Gasteiger partial charge in [-0.1, -0.05) is 17.4 Å². The molecule has 0 radical (unpaired) electrons. The van der Waals surface area contributed by atoms with E-state index in [0.717, 1.165) is 11.3 Å². The number of hydrogen-bond acceptors (Lipinski definition) is 5. The first-order valence-electron chi connectivity index (χ1n) is 9.18. The number of nitrogens with zero attached hydrogens (tertiary/aromatic N) is 3. The highest BCUT2D eigenvalue weighted by molar-refractivity contribution is 7.15. The van der Waals surface area contributed by atoms with Crippen LogP contribution in [0.5, 0.6) is 0 Å². The van der Waals surface area contributed by atoms with Crippen molar-refractivity contribution in [1.29, 1.82) is 0 Å². The third-order valence-electron chi connectivity index (χ3n) is 5.04. The second-order valence-corrected chi connectivity index (χ2v) is 8.09. The number of aromatic nitrogens is 2. The highest BCUT2D eigenvalue weighted by Gasteiger charge is 2.34. The van der Waals surface area contributed by atoms with Crippen molar-refractivity contribution >= 4 is 34.0 Å². The van der Waals surface area contributed by atoms with Gasteiger partial charge in [-0.25, -0.2) is 4.39 Å². The molecular weight excluding hydrogens is 391 g/mol. The summed E-state index contributed by atoms with van der Waals surface area (Å²) < 4.78 is 13.0. The van der Waals surface area contributed by atoms with E-state index in [2.05, 4.69) is 15.5 Å². The predicted molar refractivity (Wildman–Crippen MR) is 110 cm³/mol. The Morgan fingerprint density at radius 1 is 1.14 bits per heavy atom. The van der Waals surface area contributed by atoms with Crippen LogP contribution in [-0.4, -0.2) is 28.6 Å². The zero-order valence-corrected chi connectivity index (χ0v) is 16.8. The van der Waals surface area contributed by atoms with Crippen LogP contribution in [0.1, 0.15) is 38.8 Å². The Balaban J connectivity index is 1.45. The average molecular weight is 410 g/mol. The van der Waals surface area contributed by atoms with Crippen LogP contribution in [0.25, 0.3) is 0 Å². The average Bonchev–Trinajstić information content (AvgIpc) is 3.31. The number of carbonyl (C=O) groups excluding carboxylic acids is 2. The minimum absolute atomic E-state index is 0.0466. The quantitative estimate of drug-likeness (QED) is 0.704. The second kappa shape index (κ2) is 7.71. The summed E-state index contributed by atoms with van der Waals surface area (Å²) in [4.78, 5) is 26.6. The summed E-state index contributed by atoms with van der Waals surface area (Å²) in [6, 6.07) is 11.3. The summed E-state index contributed by atoms with van der Waals surface area (Å²) in [5.74, 6) is -0.811. The van der Waals surface area contributed by atoms with E-state index in [4.69, 9.17) is 0 Å². The lowest BCUT2D eigenvalue weighted by Gasteiger charge is -2.17. The van der Waals surface area contributed by atoms with Crippen LogP contribution in [0.15, 0.2) is 42.5 Å². The maximum atomic E-state index is 13.0. The van der Waals surface area contributed by atoms with Crippen molar-refractivity contribution in [3.05, 3.63) is 70.0 Å². The summed E-state index contributed by atoms with van der Waals surface area (Å²) in [6.07, 6.45) is 0.355. The fourth-order valence-corrected chi connectivity index (χ4v) is 4.07. The van der Waals surface area contributed by atoms with E-state index in [1.807, 2.05) is 32.0 Å². The molecule has 2 heterocycles. The zero-order valence-electron chi connectivity index (χ0n) is 16.0. The van der Waals surface area contributed by atoms with Gasteiger partial charge in [0, 0.05) is 30.1 Å². The number of benzene rings is 2. The molecule has 1 saturated heterocycles. The second-order valence-electron chi connectivity index (χ2n) is 7.08. The molecule has 2 amide bonds. The van der Waals surface area contributed by atoms with Gasteiger partial charge >= 0.3 is 0 Å². The van der Waals surface area contributed by atoms with Gasteiger partial charge in [-0.3, -0.25) is 14.9 Å². The maximum Gasteiger partial charge on any atom is 0.257 e. The fraction of sp³-hybridized carbons (Fsp3) is 0.238. The lowest BCUT2D eigenvalue weighted by Crippen LogP contribution is -2.24. The van der Waals surface area contributed by atoms with Crippen molar-refractivity contribution in [1.82, 2.24) is 10.2 Å². The lowest BCUT2D eigenvalue weighted by atomic mass is 10.1. The largest absolute Gasteiger partial charge is 0.312 e. The number of amides is 2. The molecule has 4 rings (SSSR count). The molecule has 1 fully saturated rings. The monoisotopic (exact) mass is 410 g/mol. The van der Waals surface area contributed by atoms with Gasteiger partial charge < -0.3 is 4.90 Å². The Morgan fingerprint density at radius 2 is 1.90 bits per heavy atom. The smallest absolute Gasteiger partial charge is 0.257 e. The molecule has 1 unspecified atom stereocenters. The van der Waals surface area contributed by atoms with E-state index in [1.165, 1.54) is 41.2 Å². The van der Waals surface area contributed by atoms with Crippen molar-refractivity contribution in [2.24, 2.45) is 0 Å². The molecule has 148 valence electrons. The van der Waals surface area contributed by atoms with Crippen LogP contribution < -0.4 is 10.2 Å². The van der Waals surface area contributed by atoms with Crippen LogP contribution >= 0.6 is 11.3 Å². The molecule has 0 saturated carbocycles. The number of halogens is 1. The molecule has 0 bridgehead atoms. The number of carbonyl (C=O) groups is 2. The number of hydrogen-bond donors (Lipinski definition) is 1. The zero-order chi connectivity index (χ0) is 20.5. The van der Waals surface area contributed by atoms with Crippen molar-refractivity contribution in [3.63, 3.8) is 0 Å². The molecule has 1 aliphatic rings. The van der Waals surface area contributed by atoms with Gasteiger partial charge in [0.15, 0.2) is 0 Å². The molecule has 1 aromatic heterocycles. The normalized spacial score (nSPS) is 16.3. The number of nitrogens with one attached hydrogen (secondary N) is 1. The fourth-order valence-electron chi connectivity index (χ4n) is 3.24. The summed E-state index contributed by atoms with van der Waals surface area (Å²) in [5, 5.41) is 11.9. The van der Waals surface area contributed by atoms with Gasteiger partial charge in [-0.2, -0.15) is 0 Å². The molecule has 2 aromatic carbocycles. The minimum atomic E-state index is -0.404. The van der Waals surface area contributed by atoms with Gasteiger partial charge in [0.2, 0.25) is 11.0 Å². The van der Waals surface area contributed by atoms with Crippen molar-refractivity contribution < 1.29 is 14.0 Å². The van der Waals surface area contributed by atoms with Crippen molar-refractivity contribution in [3.8, 4) is 0 Å². The van der Waals surface area contributed by atoms with Crippen molar-refractivity contribution in [2.45, 2.75) is 26.2 Å². The maximum absolute atomic E-state index is 13.0. The van der Waals surface area contributed by atoms with E-state index in [9.17, 15) is 14.0 Å². The van der Waals surface area contributed by atoms with E-state index >= 15 is 0 Å². The van der Waals surface area contributed by atoms with Gasteiger partial charge in [-0.15, -0.1) is 10.2 Å².